The van der Waals surface area contributed by atoms with Crippen LogP contribution in [0.2, 0.25) is 5.02 Å². The highest BCUT2D eigenvalue weighted by atomic mass is 35.5. The SMILES string of the molecule is COc1cc(C=Nc2cc(C)ccc2C)cc(Cl)c1OCc1ccc(C(=O)O)cc1. The molecular formula is C24H22ClNO4. The first-order valence-corrected chi connectivity index (χ1v) is 9.69. The van der Waals surface area contributed by atoms with Crippen molar-refractivity contribution in [1.82, 2.24) is 0 Å². The van der Waals surface area contributed by atoms with Gasteiger partial charge in [0.05, 0.1) is 23.4 Å². The van der Waals surface area contributed by atoms with Crippen molar-refractivity contribution in [3.8, 4) is 11.5 Å². The first kappa shape index (κ1) is 21.4. The molecule has 3 rings (SSSR count). The smallest absolute Gasteiger partial charge is 0.335 e. The molecule has 0 bridgehead atoms. The number of carbonyl (C=O) groups is 1. The molecule has 1 N–H and O–H groups in total. The largest absolute Gasteiger partial charge is 0.493 e. The molecule has 154 valence electrons. The minimum atomic E-state index is -0.967. The predicted molar refractivity (Wildman–Crippen MR) is 119 cm³/mol. The summed E-state index contributed by atoms with van der Waals surface area (Å²) in [5.74, 6) is -0.0530. The third kappa shape index (κ3) is 5.19. The van der Waals surface area contributed by atoms with Gasteiger partial charge in [-0.2, -0.15) is 0 Å². The standard InChI is InChI=1S/C24H22ClNO4/c1-15-4-5-16(2)21(10-15)26-13-18-11-20(25)23(22(12-18)29-3)30-14-17-6-8-19(9-7-17)24(27)28/h4-13H,14H2,1-3H3,(H,27,28). The molecule has 0 saturated heterocycles. The Hall–Kier alpha value is -3.31. The van der Waals surface area contributed by atoms with E-state index in [0.29, 0.717) is 16.5 Å². The number of halogens is 1. The highest BCUT2D eigenvalue weighted by molar-refractivity contribution is 6.32. The van der Waals surface area contributed by atoms with Crippen molar-refractivity contribution in [2.24, 2.45) is 4.99 Å². The second-order valence-corrected chi connectivity index (χ2v) is 7.28. The molecular weight excluding hydrogens is 402 g/mol. The lowest BCUT2D eigenvalue weighted by Crippen LogP contribution is -2.01. The van der Waals surface area contributed by atoms with Crippen LogP contribution in [-0.4, -0.2) is 24.4 Å². The Labute approximate surface area is 180 Å². The molecule has 0 spiro atoms. The molecule has 0 aliphatic heterocycles. The van der Waals surface area contributed by atoms with Crippen LogP contribution in [0, 0.1) is 13.8 Å². The second-order valence-electron chi connectivity index (χ2n) is 6.87. The van der Waals surface area contributed by atoms with E-state index in [1.54, 1.807) is 31.5 Å². The molecule has 0 aliphatic rings. The molecule has 0 saturated carbocycles. The Kier molecular flexibility index (Phi) is 6.75. The Morgan fingerprint density at radius 1 is 1.10 bits per heavy atom. The van der Waals surface area contributed by atoms with Gasteiger partial charge < -0.3 is 14.6 Å². The lowest BCUT2D eigenvalue weighted by Gasteiger charge is -2.13. The lowest BCUT2D eigenvalue weighted by molar-refractivity contribution is 0.0697. The topological polar surface area (TPSA) is 68.1 Å². The van der Waals surface area contributed by atoms with Crippen LogP contribution in [0.4, 0.5) is 5.69 Å². The number of methoxy groups -OCH3 is 1. The molecule has 0 aromatic heterocycles. The maximum atomic E-state index is 11.0. The van der Waals surface area contributed by atoms with Crippen LogP contribution in [-0.2, 0) is 6.61 Å². The lowest BCUT2D eigenvalue weighted by atomic mass is 10.1. The molecule has 0 radical (unpaired) electrons. The van der Waals surface area contributed by atoms with Gasteiger partial charge in [-0.05, 0) is 66.4 Å². The van der Waals surface area contributed by atoms with Gasteiger partial charge in [-0.25, -0.2) is 4.79 Å². The molecule has 3 aromatic rings. The van der Waals surface area contributed by atoms with E-state index in [9.17, 15) is 4.79 Å². The van der Waals surface area contributed by atoms with E-state index < -0.39 is 5.97 Å². The van der Waals surface area contributed by atoms with Crippen LogP contribution >= 0.6 is 11.6 Å². The second kappa shape index (κ2) is 9.46. The van der Waals surface area contributed by atoms with Crippen LogP contribution in [0.25, 0.3) is 0 Å². The number of aromatic carboxylic acids is 1. The highest BCUT2D eigenvalue weighted by Gasteiger charge is 2.12. The fraction of sp³-hybridized carbons (Fsp3) is 0.167. The summed E-state index contributed by atoms with van der Waals surface area (Å²) in [6, 6.07) is 16.2. The van der Waals surface area contributed by atoms with Crippen molar-refractivity contribution in [2.45, 2.75) is 20.5 Å². The molecule has 0 unspecified atom stereocenters. The first-order valence-electron chi connectivity index (χ1n) is 9.31. The number of benzene rings is 3. The third-order valence-corrected chi connectivity index (χ3v) is 4.83. The van der Waals surface area contributed by atoms with Crippen LogP contribution in [0.3, 0.4) is 0 Å². The van der Waals surface area contributed by atoms with E-state index in [4.69, 9.17) is 26.2 Å². The summed E-state index contributed by atoms with van der Waals surface area (Å²) in [4.78, 5) is 15.5. The van der Waals surface area contributed by atoms with E-state index in [-0.39, 0.29) is 12.2 Å². The summed E-state index contributed by atoms with van der Waals surface area (Å²) in [5.41, 5.74) is 4.96. The zero-order valence-corrected chi connectivity index (χ0v) is 17.7. The fourth-order valence-corrected chi connectivity index (χ4v) is 3.13. The normalized spacial score (nSPS) is 10.9. The van der Waals surface area contributed by atoms with Gasteiger partial charge in [-0.15, -0.1) is 0 Å². The van der Waals surface area contributed by atoms with Gasteiger partial charge in [0.25, 0.3) is 0 Å². The Morgan fingerprint density at radius 3 is 2.50 bits per heavy atom. The van der Waals surface area contributed by atoms with Gasteiger partial charge in [-0.3, -0.25) is 4.99 Å². The zero-order valence-electron chi connectivity index (χ0n) is 17.0. The predicted octanol–water partition coefficient (Wildman–Crippen LogP) is 5.99. The number of hydrogen-bond acceptors (Lipinski definition) is 4. The molecule has 0 atom stereocenters. The maximum absolute atomic E-state index is 11.0. The monoisotopic (exact) mass is 423 g/mol. The number of aryl methyl sites for hydroxylation is 2. The Morgan fingerprint density at radius 2 is 1.83 bits per heavy atom. The van der Waals surface area contributed by atoms with Crippen LogP contribution in [0.15, 0.2) is 59.6 Å². The minimum absolute atomic E-state index is 0.224. The first-order chi connectivity index (χ1) is 14.4. The van der Waals surface area contributed by atoms with Crippen molar-refractivity contribution in [1.29, 1.82) is 0 Å². The van der Waals surface area contributed by atoms with Crippen molar-refractivity contribution < 1.29 is 19.4 Å². The van der Waals surface area contributed by atoms with Gasteiger partial charge >= 0.3 is 5.97 Å². The van der Waals surface area contributed by atoms with E-state index in [1.165, 1.54) is 12.1 Å². The minimum Gasteiger partial charge on any atom is -0.493 e. The van der Waals surface area contributed by atoms with E-state index in [1.807, 2.05) is 32.0 Å². The number of hydrogen-bond donors (Lipinski definition) is 1. The van der Waals surface area contributed by atoms with Gasteiger partial charge in [0, 0.05) is 6.21 Å². The van der Waals surface area contributed by atoms with Gasteiger partial charge in [0.1, 0.15) is 6.61 Å². The molecule has 6 heteroatoms. The molecule has 0 aliphatic carbocycles. The van der Waals surface area contributed by atoms with Crippen LogP contribution in [0.5, 0.6) is 11.5 Å². The summed E-state index contributed by atoms with van der Waals surface area (Å²) in [6.45, 7) is 4.27. The molecule has 0 amide bonds. The number of ether oxygens (including phenoxy) is 2. The van der Waals surface area contributed by atoms with E-state index in [2.05, 4.69) is 11.1 Å². The molecule has 30 heavy (non-hydrogen) atoms. The van der Waals surface area contributed by atoms with Gasteiger partial charge in [0.15, 0.2) is 11.5 Å². The van der Waals surface area contributed by atoms with Crippen molar-refractivity contribution in [3.05, 3.63) is 87.4 Å². The summed E-state index contributed by atoms with van der Waals surface area (Å²) in [7, 11) is 1.55. The number of carboxylic acids is 1. The maximum Gasteiger partial charge on any atom is 0.335 e. The number of aliphatic imine (C=N–C) groups is 1. The van der Waals surface area contributed by atoms with Gasteiger partial charge in [-0.1, -0.05) is 35.9 Å². The number of nitrogens with zero attached hydrogens (tertiary/aromatic N) is 1. The number of rotatable bonds is 7. The average molecular weight is 424 g/mol. The van der Waals surface area contributed by atoms with Crippen molar-refractivity contribution in [2.75, 3.05) is 7.11 Å². The van der Waals surface area contributed by atoms with E-state index >= 15 is 0 Å². The van der Waals surface area contributed by atoms with Crippen molar-refractivity contribution >= 4 is 29.5 Å². The molecule has 0 fully saturated rings. The van der Waals surface area contributed by atoms with E-state index in [0.717, 1.165) is 27.9 Å². The quantitative estimate of drug-likeness (QED) is 0.473. The average Bonchev–Trinajstić information content (AvgIpc) is 2.73. The Balaban J connectivity index is 1.79. The number of carboxylic acid groups (broad SMARTS) is 1. The summed E-state index contributed by atoms with van der Waals surface area (Å²) < 4.78 is 11.3. The summed E-state index contributed by atoms with van der Waals surface area (Å²) in [6.07, 6.45) is 1.74. The molecule has 3 aromatic carbocycles. The zero-order chi connectivity index (χ0) is 21.7. The highest BCUT2D eigenvalue weighted by Crippen LogP contribution is 2.36. The molecule has 0 heterocycles. The molecule has 5 nitrogen and oxygen atoms in total. The van der Waals surface area contributed by atoms with Crippen LogP contribution < -0.4 is 9.47 Å². The fourth-order valence-electron chi connectivity index (χ4n) is 2.86. The van der Waals surface area contributed by atoms with Crippen LogP contribution in [0.1, 0.15) is 32.6 Å². The van der Waals surface area contributed by atoms with Crippen molar-refractivity contribution in [3.63, 3.8) is 0 Å². The summed E-state index contributed by atoms with van der Waals surface area (Å²) in [5, 5.41) is 9.39. The van der Waals surface area contributed by atoms with Gasteiger partial charge in [0.2, 0.25) is 0 Å². The third-order valence-electron chi connectivity index (χ3n) is 4.55. The summed E-state index contributed by atoms with van der Waals surface area (Å²) >= 11 is 6.44. The Bertz CT molecular complexity index is 1090.